The van der Waals surface area contributed by atoms with Crippen LogP contribution in [0.4, 0.5) is 11.4 Å². The fourth-order valence-electron chi connectivity index (χ4n) is 2.00. The third-order valence-electron chi connectivity index (χ3n) is 2.92. The number of carbonyl (C=O) groups is 1. The molecule has 5 heteroatoms. The Balaban J connectivity index is 2.16. The van der Waals surface area contributed by atoms with Crippen LogP contribution in [0, 0.1) is 0 Å². The molecule has 1 amide bonds. The minimum absolute atomic E-state index is 0.0992. The fraction of sp³-hybridized carbons (Fsp3) is 0.462. The van der Waals surface area contributed by atoms with Crippen molar-refractivity contribution in [3.05, 3.63) is 23.2 Å². The third kappa shape index (κ3) is 2.94. The number of hydrogen-bond donors (Lipinski definition) is 1. The summed E-state index contributed by atoms with van der Waals surface area (Å²) < 4.78 is 5.36. The first kappa shape index (κ1) is 13.2. The zero-order valence-corrected chi connectivity index (χ0v) is 11.3. The number of benzene rings is 1. The lowest BCUT2D eigenvalue weighted by Gasteiger charge is -2.19. The quantitative estimate of drug-likeness (QED) is 0.916. The van der Waals surface area contributed by atoms with Crippen LogP contribution in [0.1, 0.15) is 12.8 Å². The van der Waals surface area contributed by atoms with E-state index >= 15 is 0 Å². The normalized spacial score (nSPS) is 18.7. The number of amides is 1. The number of halogens is 1. The number of hydrogen-bond acceptors (Lipinski definition) is 3. The van der Waals surface area contributed by atoms with Gasteiger partial charge in [-0.1, -0.05) is 11.6 Å². The smallest absolute Gasteiger partial charge is 0.253 e. The molecule has 1 aliphatic heterocycles. The predicted octanol–water partition coefficient (Wildman–Crippen LogP) is 2.52. The van der Waals surface area contributed by atoms with E-state index in [1.54, 1.807) is 12.1 Å². The van der Waals surface area contributed by atoms with Gasteiger partial charge in [0.1, 0.15) is 6.10 Å². The van der Waals surface area contributed by atoms with E-state index in [1.807, 2.05) is 25.1 Å². The molecule has 1 aromatic carbocycles. The summed E-state index contributed by atoms with van der Waals surface area (Å²) in [6, 6.07) is 5.44. The van der Waals surface area contributed by atoms with Gasteiger partial charge in [-0.05, 0) is 31.0 Å². The Labute approximate surface area is 112 Å². The molecule has 1 aliphatic rings. The Kier molecular flexibility index (Phi) is 4.09. The van der Waals surface area contributed by atoms with Crippen LogP contribution in [0.3, 0.4) is 0 Å². The van der Waals surface area contributed by atoms with Gasteiger partial charge in [-0.3, -0.25) is 4.79 Å². The average molecular weight is 269 g/mol. The van der Waals surface area contributed by atoms with Crippen LogP contribution in [-0.2, 0) is 9.53 Å². The van der Waals surface area contributed by atoms with Crippen LogP contribution in [0.15, 0.2) is 18.2 Å². The van der Waals surface area contributed by atoms with Crippen molar-refractivity contribution in [3.8, 4) is 0 Å². The van der Waals surface area contributed by atoms with E-state index in [4.69, 9.17) is 16.3 Å². The molecule has 18 heavy (non-hydrogen) atoms. The Bertz CT molecular complexity index is 443. The van der Waals surface area contributed by atoms with E-state index in [0.29, 0.717) is 17.3 Å². The second kappa shape index (κ2) is 5.59. The van der Waals surface area contributed by atoms with Crippen molar-refractivity contribution in [2.45, 2.75) is 18.9 Å². The maximum atomic E-state index is 12.0. The van der Waals surface area contributed by atoms with Crippen LogP contribution in [0.25, 0.3) is 0 Å². The van der Waals surface area contributed by atoms with E-state index in [9.17, 15) is 4.79 Å². The fourth-order valence-corrected chi connectivity index (χ4v) is 2.17. The van der Waals surface area contributed by atoms with Crippen LogP contribution in [0.5, 0.6) is 0 Å². The molecular weight excluding hydrogens is 252 g/mol. The standard InChI is InChI=1S/C13H17ClN2O2/c1-16(2)11-6-5-9(14)8-10(11)15-13(17)12-4-3-7-18-12/h5-6,8,12H,3-4,7H2,1-2H3,(H,15,17)/t12-/m1/s1. The summed E-state index contributed by atoms with van der Waals surface area (Å²) in [6.45, 7) is 0.661. The zero-order valence-electron chi connectivity index (χ0n) is 10.6. The molecule has 0 spiro atoms. The first-order valence-electron chi connectivity index (χ1n) is 5.97. The minimum Gasteiger partial charge on any atom is -0.376 e. The second-order valence-electron chi connectivity index (χ2n) is 4.55. The van der Waals surface area contributed by atoms with E-state index < -0.39 is 0 Å². The molecule has 0 saturated carbocycles. The molecule has 0 unspecified atom stereocenters. The number of carbonyl (C=O) groups excluding carboxylic acids is 1. The highest BCUT2D eigenvalue weighted by Crippen LogP contribution is 2.28. The molecule has 2 rings (SSSR count). The minimum atomic E-state index is -0.334. The maximum Gasteiger partial charge on any atom is 0.253 e. The summed E-state index contributed by atoms with van der Waals surface area (Å²) in [5.74, 6) is -0.0992. The van der Waals surface area contributed by atoms with E-state index in [1.165, 1.54) is 0 Å². The molecule has 1 fully saturated rings. The summed E-state index contributed by atoms with van der Waals surface area (Å²) in [5, 5.41) is 3.48. The lowest BCUT2D eigenvalue weighted by atomic mass is 10.2. The highest BCUT2D eigenvalue weighted by molar-refractivity contribution is 6.31. The molecule has 0 bridgehead atoms. The summed E-state index contributed by atoms with van der Waals surface area (Å²) in [6.07, 6.45) is 1.39. The van der Waals surface area contributed by atoms with Crippen LogP contribution < -0.4 is 10.2 Å². The van der Waals surface area contributed by atoms with Crippen LogP contribution in [-0.4, -0.2) is 32.7 Å². The molecule has 1 heterocycles. The van der Waals surface area contributed by atoms with E-state index in [0.717, 1.165) is 18.5 Å². The summed E-state index contributed by atoms with van der Waals surface area (Å²) >= 11 is 5.96. The molecule has 1 aromatic rings. The third-order valence-corrected chi connectivity index (χ3v) is 3.16. The lowest BCUT2D eigenvalue weighted by molar-refractivity contribution is -0.124. The summed E-state index contributed by atoms with van der Waals surface area (Å²) in [7, 11) is 3.84. The maximum absolute atomic E-state index is 12.0. The van der Waals surface area contributed by atoms with Gasteiger partial charge < -0.3 is 15.0 Å². The van der Waals surface area contributed by atoms with Crippen molar-refractivity contribution in [3.63, 3.8) is 0 Å². The van der Waals surface area contributed by atoms with E-state index in [2.05, 4.69) is 5.32 Å². The Hall–Kier alpha value is -1.26. The molecule has 1 atom stereocenters. The number of rotatable bonds is 3. The summed E-state index contributed by atoms with van der Waals surface area (Å²) in [5.41, 5.74) is 1.64. The lowest BCUT2D eigenvalue weighted by Crippen LogP contribution is -2.27. The van der Waals surface area contributed by atoms with E-state index in [-0.39, 0.29) is 12.0 Å². The predicted molar refractivity (Wildman–Crippen MR) is 73.4 cm³/mol. The largest absolute Gasteiger partial charge is 0.376 e. The van der Waals surface area contributed by atoms with Crippen molar-refractivity contribution in [1.82, 2.24) is 0 Å². The zero-order chi connectivity index (χ0) is 13.1. The van der Waals surface area contributed by atoms with Crippen LogP contribution >= 0.6 is 11.6 Å². The highest BCUT2D eigenvalue weighted by atomic mass is 35.5. The van der Waals surface area contributed by atoms with Crippen LogP contribution in [0.2, 0.25) is 5.02 Å². The van der Waals surface area contributed by atoms with Gasteiger partial charge in [0, 0.05) is 25.7 Å². The van der Waals surface area contributed by atoms with Crippen molar-refractivity contribution in [1.29, 1.82) is 0 Å². The number of ether oxygens (including phenoxy) is 1. The molecule has 0 aromatic heterocycles. The SMILES string of the molecule is CN(C)c1ccc(Cl)cc1NC(=O)[C@H]1CCCO1. The molecular formula is C13H17ClN2O2. The Morgan fingerprint density at radius 3 is 2.89 bits per heavy atom. The first-order valence-corrected chi connectivity index (χ1v) is 6.35. The van der Waals surface area contributed by atoms with Crippen molar-refractivity contribution in [2.24, 2.45) is 0 Å². The monoisotopic (exact) mass is 268 g/mol. The van der Waals surface area contributed by atoms with Gasteiger partial charge in [-0.25, -0.2) is 0 Å². The highest BCUT2D eigenvalue weighted by Gasteiger charge is 2.24. The first-order chi connectivity index (χ1) is 8.58. The number of anilines is 2. The van der Waals surface area contributed by atoms with Crippen molar-refractivity contribution < 1.29 is 9.53 Å². The van der Waals surface area contributed by atoms with Crippen molar-refractivity contribution >= 4 is 28.9 Å². The topological polar surface area (TPSA) is 41.6 Å². The molecule has 4 nitrogen and oxygen atoms in total. The second-order valence-corrected chi connectivity index (χ2v) is 4.98. The van der Waals surface area contributed by atoms with Gasteiger partial charge in [0.15, 0.2) is 0 Å². The van der Waals surface area contributed by atoms with Gasteiger partial charge in [0.25, 0.3) is 5.91 Å². The molecule has 1 N–H and O–H groups in total. The number of nitrogens with zero attached hydrogens (tertiary/aromatic N) is 1. The van der Waals surface area contributed by atoms with Gasteiger partial charge >= 0.3 is 0 Å². The van der Waals surface area contributed by atoms with Gasteiger partial charge in [0.2, 0.25) is 0 Å². The molecule has 0 radical (unpaired) electrons. The molecule has 0 aliphatic carbocycles. The van der Waals surface area contributed by atoms with Gasteiger partial charge in [-0.15, -0.1) is 0 Å². The average Bonchev–Trinajstić information content (AvgIpc) is 2.81. The van der Waals surface area contributed by atoms with Gasteiger partial charge in [-0.2, -0.15) is 0 Å². The Morgan fingerprint density at radius 1 is 1.50 bits per heavy atom. The summed E-state index contributed by atoms with van der Waals surface area (Å²) in [4.78, 5) is 13.9. The molecule has 1 saturated heterocycles. The molecule has 98 valence electrons. The Morgan fingerprint density at radius 2 is 2.28 bits per heavy atom. The van der Waals surface area contributed by atoms with Crippen molar-refractivity contribution in [2.75, 3.05) is 30.9 Å². The van der Waals surface area contributed by atoms with Gasteiger partial charge in [0.05, 0.1) is 11.4 Å². The number of nitrogens with one attached hydrogen (secondary N) is 1.